The summed E-state index contributed by atoms with van der Waals surface area (Å²) in [4.78, 5) is 2.58. The molecule has 0 radical (unpaired) electrons. The summed E-state index contributed by atoms with van der Waals surface area (Å²) in [6.07, 6.45) is 6.06. The van der Waals surface area contributed by atoms with E-state index in [0.29, 0.717) is 6.04 Å². The van der Waals surface area contributed by atoms with Gasteiger partial charge in [-0.25, -0.2) is 0 Å². The predicted octanol–water partition coefficient (Wildman–Crippen LogP) is 2.90. The molecule has 0 aromatic heterocycles. The van der Waals surface area contributed by atoms with Gasteiger partial charge in [-0.1, -0.05) is 20.8 Å². The number of hydrogen-bond acceptors (Lipinski definition) is 2. The Morgan fingerprint density at radius 2 is 1.94 bits per heavy atom. The second kappa shape index (κ2) is 5.71. The summed E-state index contributed by atoms with van der Waals surface area (Å²) in [7, 11) is 0. The number of nitrogens with zero attached hydrogens (tertiary/aromatic N) is 1. The molecule has 2 fully saturated rings. The Morgan fingerprint density at radius 3 is 2.59 bits per heavy atom. The van der Waals surface area contributed by atoms with Crippen molar-refractivity contribution in [3.8, 4) is 0 Å². The molecule has 0 amide bonds. The lowest BCUT2D eigenvalue weighted by molar-refractivity contribution is -0.0191. The molecule has 2 nitrogen and oxygen atoms in total. The fourth-order valence-electron chi connectivity index (χ4n) is 3.69. The average Bonchev–Trinajstić information content (AvgIpc) is 2.29. The summed E-state index contributed by atoms with van der Waals surface area (Å²) in [6, 6.07) is 0.443. The van der Waals surface area contributed by atoms with Gasteiger partial charge in [-0.3, -0.25) is 4.90 Å². The average molecular weight is 239 g/mol. The monoisotopic (exact) mass is 239 g/mol. The molecule has 2 aliphatic rings. The Kier molecular flexibility index (Phi) is 4.48. The molecular weight excluding hydrogens is 210 g/mol. The first-order valence-corrected chi connectivity index (χ1v) is 7.50. The summed E-state index contributed by atoms with van der Waals surface area (Å²) in [6.45, 7) is 9.42. The summed E-state index contributed by atoms with van der Waals surface area (Å²) in [5.74, 6) is 2.41. The van der Waals surface area contributed by atoms with Crippen molar-refractivity contribution >= 4 is 0 Å². The van der Waals surface area contributed by atoms with Gasteiger partial charge < -0.3 is 5.11 Å². The highest BCUT2D eigenvalue weighted by Gasteiger charge is 2.35. The molecule has 17 heavy (non-hydrogen) atoms. The third-order valence-corrected chi connectivity index (χ3v) is 4.92. The van der Waals surface area contributed by atoms with E-state index in [1.807, 2.05) is 0 Å². The Labute approximate surface area is 106 Å². The number of aliphatic hydroxyl groups excluding tert-OH is 1. The Balaban J connectivity index is 1.96. The van der Waals surface area contributed by atoms with E-state index in [2.05, 4.69) is 25.7 Å². The van der Waals surface area contributed by atoms with Crippen LogP contribution in [0.1, 0.15) is 52.9 Å². The summed E-state index contributed by atoms with van der Waals surface area (Å²) in [5, 5.41) is 10.3. The van der Waals surface area contributed by atoms with E-state index in [9.17, 15) is 5.11 Å². The topological polar surface area (TPSA) is 23.5 Å². The second-order valence-electron chi connectivity index (χ2n) is 6.69. The van der Waals surface area contributed by atoms with Gasteiger partial charge in [-0.2, -0.15) is 0 Å². The van der Waals surface area contributed by atoms with Crippen LogP contribution >= 0.6 is 0 Å². The molecule has 0 spiro atoms. The highest BCUT2D eigenvalue weighted by Crippen LogP contribution is 2.34. The highest BCUT2D eigenvalue weighted by atomic mass is 16.3. The maximum atomic E-state index is 10.3. The van der Waals surface area contributed by atoms with E-state index in [0.717, 1.165) is 24.2 Å². The smallest absolute Gasteiger partial charge is 0.0695 e. The van der Waals surface area contributed by atoms with Crippen molar-refractivity contribution in [1.29, 1.82) is 0 Å². The van der Waals surface area contributed by atoms with Crippen LogP contribution in [0.25, 0.3) is 0 Å². The molecule has 1 saturated carbocycles. The lowest BCUT2D eigenvalue weighted by Gasteiger charge is -2.44. The molecule has 2 heteroatoms. The molecule has 4 atom stereocenters. The molecule has 1 aliphatic heterocycles. The van der Waals surface area contributed by atoms with Crippen molar-refractivity contribution in [1.82, 2.24) is 4.90 Å². The van der Waals surface area contributed by atoms with Gasteiger partial charge >= 0.3 is 0 Å². The first kappa shape index (κ1) is 13.4. The minimum absolute atomic E-state index is 0.0738. The van der Waals surface area contributed by atoms with Crippen molar-refractivity contribution in [2.24, 2.45) is 17.8 Å². The van der Waals surface area contributed by atoms with Gasteiger partial charge in [0.25, 0.3) is 0 Å². The van der Waals surface area contributed by atoms with E-state index in [1.165, 1.54) is 38.8 Å². The van der Waals surface area contributed by atoms with Gasteiger partial charge in [-0.15, -0.1) is 0 Å². The zero-order chi connectivity index (χ0) is 12.4. The molecule has 0 bridgehead atoms. The Morgan fingerprint density at radius 1 is 1.18 bits per heavy atom. The number of rotatable bonds is 2. The highest BCUT2D eigenvalue weighted by molar-refractivity contribution is 4.89. The lowest BCUT2D eigenvalue weighted by atomic mass is 9.77. The van der Waals surface area contributed by atoms with Crippen molar-refractivity contribution in [2.75, 3.05) is 13.1 Å². The standard InChI is InChI=1S/C15H29NO/c1-11(2)13-6-7-15(17)14(9-13)16-8-4-5-12(3)10-16/h11-15,17H,4-10H2,1-3H3. The molecule has 0 aromatic carbocycles. The first-order valence-electron chi connectivity index (χ1n) is 7.50. The Hall–Kier alpha value is -0.0800. The van der Waals surface area contributed by atoms with E-state index >= 15 is 0 Å². The molecule has 100 valence electrons. The van der Waals surface area contributed by atoms with Crippen LogP contribution < -0.4 is 0 Å². The quantitative estimate of drug-likeness (QED) is 0.801. The van der Waals surface area contributed by atoms with Crippen LogP contribution in [0.5, 0.6) is 0 Å². The maximum absolute atomic E-state index is 10.3. The Bertz CT molecular complexity index is 241. The van der Waals surface area contributed by atoms with Crippen molar-refractivity contribution in [2.45, 2.75) is 65.0 Å². The zero-order valence-electron chi connectivity index (χ0n) is 11.7. The van der Waals surface area contributed by atoms with Crippen molar-refractivity contribution < 1.29 is 5.11 Å². The van der Waals surface area contributed by atoms with Crippen LogP contribution in [-0.2, 0) is 0 Å². The maximum Gasteiger partial charge on any atom is 0.0695 e. The minimum atomic E-state index is -0.0738. The van der Waals surface area contributed by atoms with Gasteiger partial charge in [0.2, 0.25) is 0 Å². The van der Waals surface area contributed by atoms with Crippen molar-refractivity contribution in [3.05, 3.63) is 0 Å². The molecule has 1 heterocycles. The van der Waals surface area contributed by atoms with Gasteiger partial charge in [-0.05, 0) is 56.4 Å². The number of likely N-dealkylation sites (tertiary alicyclic amines) is 1. The van der Waals surface area contributed by atoms with Crippen molar-refractivity contribution in [3.63, 3.8) is 0 Å². The molecular formula is C15H29NO. The van der Waals surface area contributed by atoms with Gasteiger partial charge in [0, 0.05) is 12.6 Å². The molecule has 0 aromatic rings. The summed E-state index contributed by atoms with van der Waals surface area (Å²) in [5.41, 5.74) is 0. The first-order chi connectivity index (χ1) is 8.08. The molecule has 1 saturated heterocycles. The predicted molar refractivity (Wildman–Crippen MR) is 71.9 cm³/mol. The summed E-state index contributed by atoms with van der Waals surface area (Å²) >= 11 is 0. The molecule has 1 N–H and O–H groups in total. The zero-order valence-corrected chi connectivity index (χ0v) is 11.7. The fourth-order valence-corrected chi connectivity index (χ4v) is 3.69. The second-order valence-corrected chi connectivity index (χ2v) is 6.69. The van der Waals surface area contributed by atoms with Crippen LogP contribution in [0.2, 0.25) is 0 Å². The largest absolute Gasteiger partial charge is 0.391 e. The van der Waals surface area contributed by atoms with Crippen LogP contribution in [0.4, 0.5) is 0 Å². The van der Waals surface area contributed by atoms with Gasteiger partial charge in [0.05, 0.1) is 6.10 Å². The van der Waals surface area contributed by atoms with Crippen LogP contribution in [-0.4, -0.2) is 35.2 Å². The van der Waals surface area contributed by atoms with Gasteiger partial charge in [0.1, 0.15) is 0 Å². The molecule has 4 unspecified atom stereocenters. The van der Waals surface area contributed by atoms with Crippen LogP contribution in [0, 0.1) is 17.8 Å². The third-order valence-electron chi connectivity index (χ3n) is 4.92. The number of hydrogen-bond donors (Lipinski definition) is 1. The third kappa shape index (κ3) is 3.23. The van der Waals surface area contributed by atoms with E-state index in [-0.39, 0.29) is 6.10 Å². The van der Waals surface area contributed by atoms with Crippen LogP contribution in [0.15, 0.2) is 0 Å². The summed E-state index contributed by atoms with van der Waals surface area (Å²) < 4.78 is 0. The van der Waals surface area contributed by atoms with Crippen LogP contribution in [0.3, 0.4) is 0 Å². The normalized spacial score (nSPS) is 40.8. The number of aliphatic hydroxyl groups is 1. The van der Waals surface area contributed by atoms with Gasteiger partial charge in [0.15, 0.2) is 0 Å². The molecule has 2 rings (SSSR count). The fraction of sp³-hybridized carbons (Fsp3) is 1.00. The number of piperidine rings is 1. The lowest BCUT2D eigenvalue weighted by Crippen LogP contribution is -2.51. The van der Waals surface area contributed by atoms with E-state index in [1.54, 1.807) is 0 Å². The van der Waals surface area contributed by atoms with E-state index < -0.39 is 0 Å². The minimum Gasteiger partial charge on any atom is -0.391 e. The molecule has 1 aliphatic carbocycles. The van der Waals surface area contributed by atoms with E-state index in [4.69, 9.17) is 0 Å². The SMILES string of the molecule is CC1CCCN(C2CC(C(C)C)CCC2O)C1.